The summed E-state index contributed by atoms with van der Waals surface area (Å²) < 4.78 is 38.0. The van der Waals surface area contributed by atoms with E-state index in [4.69, 9.17) is 49.3 Å². The summed E-state index contributed by atoms with van der Waals surface area (Å²) >= 11 is 0. The average Bonchev–Trinajstić information content (AvgIpc) is 3.29. The second kappa shape index (κ2) is 35.1. The van der Waals surface area contributed by atoms with E-state index >= 15 is 0 Å². The summed E-state index contributed by atoms with van der Waals surface area (Å²) in [5, 5.41) is 27.3. The van der Waals surface area contributed by atoms with Crippen LogP contribution in [-0.4, -0.2) is 201 Å². The Hall–Kier alpha value is -3.44. The Morgan fingerprint density at radius 3 is 1.40 bits per heavy atom. The van der Waals surface area contributed by atoms with Crippen LogP contribution in [0.15, 0.2) is 33.3 Å². The van der Waals surface area contributed by atoms with E-state index in [0.717, 1.165) is 38.8 Å². The van der Waals surface area contributed by atoms with Crippen LogP contribution in [0.2, 0.25) is 0 Å². The summed E-state index contributed by atoms with van der Waals surface area (Å²) in [5.74, 6) is 3.49. The van der Waals surface area contributed by atoms with Gasteiger partial charge in [-0.15, -0.1) is 0 Å². The van der Waals surface area contributed by atoms with E-state index in [9.17, 15) is 33.9 Å². The minimum absolute atomic E-state index is 0. The molecule has 0 radical (unpaired) electrons. The molecule has 0 unspecified atom stereocenters. The number of nitrogens with one attached hydrogen (secondary N) is 5. The monoisotopic (exact) mass is 1090 g/mol. The average molecular weight is 1090 g/mol. The molecule has 25 heteroatoms. The van der Waals surface area contributed by atoms with Crippen LogP contribution in [-0.2, 0) is 52.3 Å². The van der Waals surface area contributed by atoms with Crippen LogP contribution < -0.4 is 72.7 Å². The minimum Gasteiger partial charge on any atom is -0.553 e. The number of carboxylic acids is 1. The number of hydrogen-bond acceptors (Lipinski definition) is 18. The Kier molecular flexibility index (Phi) is 32.6. The third-order valence-corrected chi connectivity index (χ3v) is 11.7. The number of nitrogens with zero attached hydrogens (tertiary/aromatic N) is 4. The Morgan fingerprint density at radius 2 is 1.05 bits per heavy atom. The second-order valence-corrected chi connectivity index (χ2v) is 20.3. The standard InChI is InChI=1S/C26H44N4O7.C24H40N4O7.K.H2NO/c1-8-35-24(32)19-14-21(27-17(2)28-25(33)37-26(4,5)6)23(29-18(3)31)22(15-19)30-11-9-10-20(16-30)36-13-12-34-7;1-15(26-23(32)35-24(3,4)5)25-19-12-17(22(30)31)13-20(21(19)27-16(2)29)28-9-7-8-18(14-28)34-11-10-33-6;;1-2/h15,20-23H,8-14,16H2,1-7H3,(H,29,31)(H,27,28,33);13,18-21H,7-12,14H2,1-6H3,(H,27,29)(H,30,31)(H,25,26,32);;1-2H/q;;+1;-1/t20-,21+,22-,23-;18-,19+,20-,21-;;/m11../s1. The maximum absolute atomic E-state index is 12.8. The van der Waals surface area contributed by atoms with Gasteiger partial charge in [-0.2, -0.15) is 0 Å². The molecule has 0 aromatic heterocycles. The van der Waals surface area contributed by atoms with E-state index in [0.29, 0.717) is 50.9 Å². The number of carbonyl (C=O) groups excluding carboxylic acids is 5. The number of rotatable bonds is 17. The molecule has 0 aromatic carbocycles. The third-order valence-electron chi connectivity index (χ3n) is 11.7. The SMILES string of the molecule is CCOC(=O)C1=C[C@@H](N2CCC[C@@H](OCCOC)C2)[C@H](NC(C)=O)[C@@H](N=C(C)NC(=O)OC(C)(C)C)C1.COCCO[C@@H]1CCCN([C@@H]2C=C(C(=O)O)C[C@H](N=C(C)NC(=O)OC(C)(C)C)[C@H]2NC(C)=O)C1.[K+].[NH-]O. The maximum atomic E-state index is 12.8. The molecule has 4 rings (SSSR count). The summed E-state index contributed by atoms with van der Waals surface area (Å²) in [6, 6.07) is -2.72. The topological polar surface area (TPSA) is 311 Å². The van der Waals surface area contributed by atoms with Gasteiger partial charge in [0.05, 0.1) is 81.5 Å². The molecular formula is C50H86KN9O15. The summed E-state index contributed by atoms with van der Waals surface area (Å²) in [6.07, 6.45) is 6.32. The molecule has 422 valence electrons. The van der Waals surface area contributed by atoms with Gasteiger partial charge in [-0.25, -0.2) is 19.2 Å². The van der Waals surface area contributed by atoms with Crippen molar-refractivity contribution in [1.82, 2.24) is 31.1 Å². The van der Waals surface area contributed by atoms with Gasteiger partial charge >= 0.3 is 75.5 Å². The van der Waals surface area contributed by atoms with Crippen molar-refractivity contribution in [3.63, 3.8) is 0 Å². The van der Waals surface area contributed by atoms with Gasteiger partial charge in [0, 0.05) is 65.1 Å². The number of aliphatic imine (C=N–C) groups is 2. The predicted octanol–water partition coefficient (Wildman–Crippen LogP) is 1.34. The van der Waals surface area contributed by atoms with Crippen molar-refractivity contribution in [1.29, 1.82) is 0 Å². The molecule has 4 amide bonds. The Labute approximate surface area is 485 Å². The first-order valence-electron chi connectivity index (χ1n) is 25.2. The number of likely N-dealkylation sites (tertiary alicyclic amines) is 2. The quantitative estimate of drug-likeness (QED) is 0.0228. The first-order valence-corrected chi connectivity index (χ1v) is 25.2. The number of esters is 1. The molecule has 24 nitrogen and oxygen atoms in total. The summed E-state index contributed by atoms with van der Waals surface area (Å²) in [5.41, 5.74) is -0.615. The van der Waals surface area contributed by atoms with E-state index in [1.54, 1.807) is 82.6 Å². The summed E-state index contributed by atoms with van der Waals surface area (Å²) in [6.45, 7) is 23.5. The van der Waals surface area contributed by atoms with Crippen LogP contribution in [0.1, 0.15) is 115 Å². The van der Waals surface area contributed by atoms with Crippen molar-refractivity contribution in [2.24, 2.45) is 9.98 Å². The Morgan fingerprint density at radius 1 is 0.667 bits per heavy atom. The molecule has 0 saturated carbocycles. The van der Waals surface area contributed by atoms with E-state index < -0.39 is 65.5 Å². The summed E-state index contributed by atoms with van der Waals surface area (Å²) in [7, 11) is 3.26. The van der Waals surface area contributed by atoms with E-state index in [1.165, 1.54) is 13.8 Å². The van der Waals surface area contributed by atoms with Gasteiger partial charge in [-0.05, 0) is 101 Å². The Bertz CT molecular complexity index is 1960. The van der Waals surface area contributed by atoms with Gasteiger partial charge in [0.1, 0.15) is 22.9 Å². The van der Waals surface area contributed by atoms with Crippen LogP contribution in [0.5, 0.6) is 0 Å². The smallest absolute Gasteiger partial charge is 0.553 e. The first-order chi connectivity index (χ1) is 34.8. The van der Waals surface area contributed by atoms with E-state index in [1.807, 2.05) is 6.08 Å². The molecule has 2 aliphatic heterocycles. The van der Waals surface area contributed by atoms with Gasteiger partial charge in [-0.3, -0.25) is 40.0 Å². The van der Waals surface area contributed by atoms with Crippen LogP contribution in [0.25, 0.3) is 5.90 Å². The van der Waals surface area contributed by atoms with Crippen LogP contribution in [0.3, 0.4) is 0 Å². The third kappa shape index (κ3) is 26.6. The second-order valence-electron chi connectivity index (χ2n) is 20.3. The molecule has 0 aromatic rings. The number of alkyl carbamates (subject to hydrolysis) is 2. The predicted molar refractivity (Wildman–Crippen MR) is 276 cm³/mol. The molecule has 2 saturated heterocycles. The number of aliphatic carboxylic acids is 1. The number of piperidine rings is 2. The van der Waals surface area contributed by atoms with Crippen molar-refractivity contribution in [2.45, 2.75) is 174 Å². The van der Waals surface area contributed by atoms with Crippen LogP contribution in [0.4, 0.5) is 9.59 Å². The van der Waals surface area contributed by atoms with E-state index in [-0.39, 0.29) is 112 Å². The number of ether oxygens (including phenoxy) is 7. The van der Waals surface area contributed by atoms with Crippen molar-refractivity contribution in [3.05, 3.63) is 29.2 Å². The number of amides is 4. The normalized spacial score (nSPS) is 24.6. The zero-order valence-electron chi connectivity index (χ0n) is 46.9. The largest absolute Gasteiger partial charge is 1.00 e. The molecule has 75 heavy (non-hydrogen) atoms. The minimum atomic E-state index is -1.03. The maximum Gasteiger partial charge on any atom is 1.00 e. The molecule has 0 bridgehead atoms. The van der Waals surface area contributed by atoms with Crippen LogP contribution >= 0.6 is 0 Å². The van der Waals surface area contributed by atoms with Gasteiger partial charge < -0.3 is 60.0 Å². The molecule has 2 aliphatic carbocycles. The van der Waals surface area contributed by atoms with Crippen molar-refractivity contribution in [2.75, 3.05) is 73.4 Å². The number of carbonyl (C=O) groups is 6. The van der Waals surface area contributed by atoms with Crippen molar-refractivity contribution in [3.8, 4) is 0 Å². The molecular weight excluding hydrogens is 1010 g/mol. The van der Waals surface area contributed by atoms with Gasteiger partial charge in [0.2, 0.25) is 11.8 Å². The van der Waals surface area contributed by atoms with Crippen LogP contribution in [0, 0.1) is 0 Å². The first kappa shape index (κ1) is 69.6. The molecule has 2 heterocycles. The Balaban J connectivity index is 0.000000718. The number of hydrogen-bond donors (Lipinski definition) is 6. The number of carboxylic acid groups (broad SMARTS) is 1. The summed E-state index contributed by atoms with van der Waals surface area (Å²) in [4.78, 5) is 87.3. The molecule has 7 N–H and O–H groups in total. The fourth-order valence-electron chi connectivity index (χ4n) is 9.01. The molecule has 2 fully saturated rings. The van der Waals surface area contributed by atoms with Gasteiger partial charge in [0.25, 0.3) is 0 Å². The number of amidine groups is 2. The zero-order valence-corrected chi connectivity index (χ0v) is 50.0. The van der Waals surface area contributed by atoms with Gasteiger partial charge in [0.15, 0.2) is 0 Å². The fourth-order valence-corrected chi connectivity index (χ4v) is 9.01. The molecule has 0 spiro atoms. The molecule has 4 aliphatic rings. The van der Waals surface area contributed by atoms with Gasteiger partial charge in [-0.1, -0.05) is 12.2 Å². The van der Waals surface area contributed by atoms with E-state index in [2.05, 4.69) is 36.1 Å². The van der Waals surface area contributed by atoms with Crippen molar-refractivity contribution < 1.29 is 124 Å². The molecule has 8 atom stereocenters. The zero-order chi connectivity index (χ0) is 55.8. The van der Waals surface area contributed by atoms with Crippen molar-refractivity contribution >= 4 is 47.6 Å². The number of methoxy groups -OCH3 is 2. The fraction of sp³-hybridized carbons (Fsp3) is 0.760.